The van der Waals surface area contributed by atoms with Gasteiger partial charge in [-0.05, 0) is 49.7 Å². The lowest BCUT2D eigenvalue weighted by Gasteiger charge is -2.31. The summed E-state index contributed by atoms with van der Waals surface area (Å²) >= 11 is 1.98. The number of methoxy groups -OCH3 is 1. The minimum absolute atomic E-state index is 0.0526. The van der Waals surface area contributed by atoms with Crippen LogP contribution in [-0.4, -0.2) is 46.3 Å². The van der Waals surface area contributed by atoms with Gasteiger partial charge in [0.25, 0.3) is 0 Å². The number of furan rings is 1. The molecule has 1 aliphatic rings. The molecule has 0 spiro atoms. The quantitative estimate of drug-likeness (QED) is 0.378. The molecule has 0 saturated carbocycles. The minimum Gasteiger partial charge on any atom is -0.497 e. The van der Waals surface area contributed by atoms with E-state index in [1.807, 2.05) is 54.6 Å². The molecule has 0 amide bonds. The molecule has 1 aromatic heterocycles. The van der Waals surface area contributed by atoms with E-state index >= 15 is 0 Å². The zero-order valence-electron chi connectivity index (χ0n) is 16.9. The first-order chi connectivity index (χ1) is 14.3. The first-order valence-electron chi connectivity index (χ1n) is 9.64. The standard InChI is InChI=1S/C23H23IO6/c1-23(2)16-8-13(29-11-18(26)17(24)10-25)5-6-14(16)21(27)20-15-7-4-12(28-3)9-19(15)30-22(20)23/h4-9,17-18,25-26H,10-11H2,1-3H3/t17?,18-/m1/s1. The number of aliphatic hydroxyl groups is 2. The largest absolute Gasteiger partial charge is 0.497 e. The van der Waals surface area contributed by atoms with Gasteiger partial charge in [0, 0.05) is 22.4 Å². The molecule has 1 heterocycles. The number of aliphatic hydroxyl groups excluding tert-OH is 2. The molecule has 0 aliphatic heterocycles. The van der Waals surface area contributed by atoms with Gasteiger partial charge >= 0.3 is 0 Å². The summed E-state index contributed by atoms with van der Waals surface area (Å²) in [5.41, 5.74) is 2.07. The van der Waals surface area contributed by atoms with Crippen LogP contribution in [0.5, 0.6) is 11.5 Å². The van der Waals surface area contributed by atoms with Gasteiger partial charge in [-0.2, -0.15) is 0 Å². The average molecular weight is 522 g/mol. The van der Waals surface area contributed by atoms with Gasteiger partial charge in [-0.15, -0.1) is 0 Å². The number of hydrogen-bond acceptors (Lipinski definition) is 6. The lowest BCUT2D eigenvalue weighted by Crippen LogP contribution is -2.31. The normalized spacial score (nSPS) is 16.7. The molecule has 0 radical (unpaired) electrons. The molecule has 0 fully saturated rings. The number of alkyl halides is 1. The van der Waals surface area contributed by atoms with Crippen LogP contribution in [-0.2, 0) is 5.41 Å². The van der Waals surface area contributed by atoms with Crippen LogP contribution >= 0.6 is 22.6 Å². The van der Waals surface area contributed by atoms with E-state index in [0.29, 0.717) is 34.0 Å². The molecule has 7 heteroatoms. The van der Waals surface area contributed by atoms with Gasteiger partial charge in [-0.25, -0.2) is 0 Å². The van der Waals surface area contributed by atoms with Gasteiger partial charge < -0.3 is 24.1 Å². The van der Waals surface area contributed by atoms with Gasteiger partial charge in [-0.3, -0.25) is 4.79 Å². The van der Waals surface area contributed by atoms with E-state index in [9.17, 15) is 9.90 Å². The summed E-state index contributed by atoms with van der Waals surface area (Å²) in [6.45, 7) is 3.96. The molecule has 4 rings (SSSR count). The maximum atomic E-state index is 13.3. The minimum atomic E-state index is -0.793. The van der Waals surface area contributed by atoms with E-state index in [2.05, 4.69) is 0 Å². The number of fused-ring (bicyclic) bond motifs is 4. The van der Waals surface area contributed by atoms with Crippen LogP contribution in [0.2, 0.25) is 0 Å². The summed E-state index contributed by atoms with van der Waals surface area (Å²) in [6.07, 6.45) is -0.793. The zero-order chi connectivity index (χ0) is 21.6. The Morgan fingerprint density at radius 1 is 1.17 bits per heavy atom. The number of halogens is 1. The van der Waals surface area contributed by atoms with Gasteiger partial charge in [0.2, 0.25) is 0 Å². The third kappa shape index (κ3) is 3.38. The molecule has 2 aromatic carbocycles. The fourth-order valence-corrected chi connectivity index (χ4v) is 4.07. The van der Waals surface area contributed by atoms with Crippen molar-refractivity contribution in [1.29, 1.82) is 0 Å². The summed E-state index contributed by atoms with van der Waals surface area (Å²) in [5, 5.41) is 20.0. The molecule has 0 saturated heterocycles. The predicted octanol–water partition coefficient (Wildman–Crippen LogP) is 3.85. The van der Waals surface area contributed by atoms with Crippen molar-refractivity contribution in [3.05, 3.63) is 58.8 Å². The molecule has 2 N–H and O–H groups in total. The first kappa shape index (κ1) is 21.1. The van der Waals surface area contributed by atoms with Crippen molar-refractivity contribution < 1.29 is 28.9 Å². The molecule has 2 atom stereocenters. The second kappa shape index (κ2) is 7.86. The van der Waals surface area contributed by atoms with Crippen LogP contribution in [0, 0.1) is 0 Å². The Kier molecular flexibility index (Phi) is 5.54. The molecule has 3 aromatic rings. The summed E-state index contributed by atoms with van der Waals surface area (Å²) < 4.78 is 16.9. The number of rotatable bonds is 6. The highest BCUT2D eigenvalue weighted by atomic mass is 127. The van der Waals surface area contributed by atoms with E-state index in [-0.39, 0.29) is 22.9 Å². The van der Waals surface area contributed by atoms with E-state index in [0.717, 1.165) is 10.9 Å². The van der Waals surface area contributed by atoms with Crippen molar-refractivity contribution in [3.8, 4) is 11.5 Å². The van der Waals surface area contributed by atoms with E-state index in [1.165, 1.54) is 0 Å². The summed E-state index contributed by atoms with van der Waals surface area (Å²) in [4.78, 5) is 13.3. The van der Waals surface area contributed by atoms with E-state index in [1.54, 1.807) is 25.3 Å². The maximum Gasteiger partial charge on any atom is 0.197 e. The Morgan fingerprint density at radius 2 is 1.90 bits per heavy atom. The Hall–Kier alpha value is -2.10. The number of ether oxygens (including phenoxy) is 2. The molecule has 0 bridgehead atoms. The maximum absolute atomic E-state index is 13.3. The first-order valence-corrected chi connectivity index (χ1v) is 10.9. The lowest BCUT2D eigenvalue weighted by molar-refractivity contribution is 0.0921. The van der Waals surface area contributed by atoms with Crippen molar-refractivity contribution in [2.45, 2.75) is 29.3 Å². The Bertz CT molecular complexity index is 1120. The number of carbonyl (C=O) groups excluding carboxylic acids is 1. The fourth-order valence-electron chi connectivity index (χ4n) is 3.86. The number of hydrogen-bond donors (Lipinski definition) is 2. The highest BCUT2D eigenvalue weighted by molar-refractivity contribution is 14.1. The summed E-state index contributed by atoms with van der Waals surface area (Å²) in [5.74, 6) is 1.76. The molecule has 1 unspecified atom stereocenters. The Morgan fingerprint density at radius 3 is 2.60 bits per heavy atom. The molecule has 30 heavy (non-hydrogen) atoms. The number of carbonyl (C=O) groups is 1. The van der Waals surface area contributed by atoms with Crippen molar-refractivity contribution >= 4 is 39.3 Å². The van der Waals surface area contributed by atoms with Crippen molar-refractivity contribution in [1.82, 2.24) is 0 Å². The second-order valence-corrected chi connectivity index (χ2v) is 9.51. The zero-order valence-corrected chi connectivity index (χ0v) is 19.1. The molecule has 6 nitrogen and oxygen atoms in total. The van der Waals surface area contributed by atoms with Gasteiger partial charge in [-0.1, -0.05) is 22.6 Å². The Labute approximate surface area is 187 Å². The fraction of sp³-hybridized carbons (Fsp3) is 0.348. The van der Waals surface area contributed by atoms with Crippen molar-refractivity contribution in [2.75, 3.05) is 20.3 Å². The SMILES string of the molecule is COc1ccc2c3c(oc2c1)C(C)(C)c1cc(OC[C@@H](O)C(I)CO)ccc1C3=O. The van der Waals surface area contributed by atoms with Gasteiger partial charge in [0.15, 0.2) is 5.78 Å². The van der Waals surface area contributed by atoms with E-state index < -0.39 is 11.5 Å². The summed E-state index contributed by atoms with van der Waals surface area (Å²) in [6, 6.07) is 10.8. The van der Waals surface area contributed by atoms with Gasteiger partial charge in [0.05, 0.1) is 23.2 Å². The third-order valence-electron chi connectivity index (χ3n) is 5.61. The van der Waals surface area contributed by atoms with Crippen LogP contribution in [0.1, 0.15) is 41.1 Å². The van der Waals surface area contributed by atoms with Gasteiger partial charge in [0.1, 0.15) is 35.6 Å². The topological polar surface area (TPSA) is 89.1 Å². The number of benzene rings is 2. The monoisotopic (exact) mass is 522 g/mol. The van der Waals surface area contributed by atoms with Crippen LogP contribution in [0.4, 0.5) is 0 Å². The van der Waals surface area contributed by atoms with Crippen LogP contribution in [0.15, 0.2) is 40.8 Å². The average Bonchev–Trinajstić information content (AvgIpc) is 3.15. The van der Waals surface area contributed by atoms with Crippen LogP contribution in [0.3, 0.4) is 0 Å². The van der Waals surface area contributed by atoms with Crippen molar-refractivity contribution in [2.24, 2.45) is 0 Å². The lowest BCUT2D eigenvalue weighted by atomic mass is 9.71. The molecular formula is C23H23IO6. The van der Waals surface area contributed by atoms with E-state index in [4.69, 9.17) is 19.0 Å². The molecule has 1 aliphatic carbocycles. The molecular weight excluding hydrogens is 499 g/mol. The highest BCUT2D eigenvalue weighted by Crippen LogP contribution is 2.46. The summed E-state index contributed by atoms with van der Waals surface area (Å²) in [7, 11) is 1.59. The van der Waals surface area contributed by atoms with Crippen molar-refractivity contribution in [3.63, 3.8) is 0 Å². The molecule has 158 valence electrons. The van der Waals surface area contributed by atoms with Crippen LogP contribution in [0.25, 0.3) is 11.0 Å². The smallest absolute Gasteiger partial charge is 0.197 e. The predicted molar refractivity (Wildman–Crippen MR) is 121 cm³/mol. The highest BCUT2D eigenvalue weighted by Gasteiger charge is 2.41. The number of ketones is 1. The van der Waals surface area contributed by atoms with Crippen LogP contribution < -0.4 is 9.47 Å². The second-order valence-electron chi connectivity index (χ2n) is 7.91. The Balaban J connectivity index is 1.74. The third-order valence-corrected chi connectivity index (χ3v) is 6.84.